The monoisotopic (exact) mass is 388 g/mol. The molecule has 5 nitrogen and oxygen atoms in total. The van der Waals surface area contributed by atoms with E-state index in [2.05, 4.69) is 5.32 Å². The van der Waals surface area contributed by atoms with Crippen molar-refractivity contribution in [1.29, 1.82) is 0 Å². The molecule has 0 spiro atoms. The molecule has 1 aliphatic heterocycles. The van der Waals surface area contributed by atoms with Crippen molar-refractivity contribution in [2.45, 2.75) is 26.3 Å². The predicted octanol–water partition coefficient (Wildman–Crippen LogP) is 3.76. The van der Waals surface area contributed by atoms with Crippen LogP contribution in [-0.4, -0.2) is 31.0 Å². The zero-order valence-electron chi connectivity index (χ0n) is 16.6. The minimum atomic E-state index is -0.224. The Labute approximate surface area is 170 Å². The Kier molecular flexibility index (Phi) is 5.21. The molecular formula is C24H24N2O3. The van der Waals surface area contributed by atoms with Gasteiger partial charge in [-0.1, -0.05) is 36.4 Å². The molecule has 0 aliphatic carbocycles. The first kappa shape index (κ1) is 19.0. The van der Waals surface area contributed by atoms with Crippen molar-refractivity contribution in [3.8, 4) is 5.75 Å². The summed E-state index contributed by atoms with van der Waals surface area (Å²) in [5.74, 6) is 0.449. The van der Waals surface area contributed by atoms with Crippen molar-refractivity contribution in [3.63, 3.8) is 0 Å². The minimum absolute atomic E-state index is 0.0222. The maximum atomic E-state index is 12.4. The second kappa shape index (κ2) is 7.95. The summed E-state index contributed by atoms with van der Waals surface area (Å²) in [6, 6.07) is 19.5. The van der Waals surface area contributed by atoms with E-state index in [1.165, 1.54) is 5.56 Å². The van der Waals surface area contributed by atoms with Crippen molar-refractivity contribution < 1.29 is 14.3 Å². The molecule has 0 aromatic heterocycles. The number of carbonyl (C=O) groups excluding carboxylic acids is 2. The van der Waals surface area contributed by atoms with Gasteiger partial charge in [-0.25, -0.2) is 0 Å². The van der Waals surface area contributed by atoms with Gasteiger partial charge in [0.05, 0.1) is 6.04 Å². The van der Waals surface area contributed by atoms with Crippen molar-refractivity contribution in [1.82, 2.24) is 5.32 Å². The highest BCUT2D eigenvalue weighted by atomic mass is 16.5. The molecule has 1 atom stereocenters. The van der Waals surface area contributed by atoms with E-state index in [0.29, 0.717) is 18.7 Å². The lowest BCUT2D eigenvalue weighted by atomic mass is 10.1. The second-order valence-electron chi connectivity index (χ2n) is 7.54. The lowest BCUT2D eigenvalue weighted by Crippen LogP contribution is -2.39. The van der Waals surface area contributed by atoms with Gasteiger partial charge < -0.3 is 15.0 Å². The average Bonchev–Trinajstić information content (AvgIpc) is 3.08. The summed E-state index contributed by atoms with van der Waals surface area (Å²) < 4.78 is 5.64. The van der Waals surface area contributed by atoms with E-state index >= 15 is 0 Å². The number of benzene rings is 3. The number of ether oxygens (including phenoxy) is 1. The summed E-state index contributed by atoms with van der Waals surface area (Å²) in [5, 5.41) is 5.11. The fourth-order valence-corrected chi connectivity index (χ4v) is 3.62. The second-order valence-corrected chi connectivity index (χ2v) is 7.54. The molecule has 5 heteroatoms. The van der Waals surface area contributed by atoms with Crippen molar-refractivity contribution in [3.05, 3.63) is 71.8 Å². The number of hydrogen-bond donors (Lipinski definition) is 1. The normalized spacial score (nSPS) is 16.3. The molecule has 0 radical (unpaired) electrons. The summed E-state index contributed by atoms with van der Waals surface area (Å²) in [7, 11) is 0. The van der Waals surface area contributed by atoms with Gasteiger partial charge in [0.25, 0.3) is 5.91 Å². The molecule has 1 saturated heterocycles. The number of nitrogens with one attached hydrogen (secondary N) is 1. The first-order chi connectivity index (χ1) is 14.0. The fourth-order valence-electron chi connectivity index (χ4n) is 3.62. The highest BCUT2D eigenvalue weighted by molar-refractivity contribution is 5.97. The molecule has 3 aromatic rings. The number of rotatable bonds is 5. The average molecular weight is 388 g/mol. The van der Waals surface area contributed by atoms with Gasteiger partial charge in [-0.05, 0) is 60.0 Å². The van der Waals surface area contributed by atoms with E-state index in [1.54, 1.807) is 4.90 Å². The van der Waals surface area contributed by atoms with Gasteiger partial charge in [-0.3, -0.25) is 9.59 Å². The lowest BCUT2D eigenvalue weighted by molar-refractivity contribution is -0.123. The van der Waals surface area contributed by atoms with Crippen molar-refractivity contribution in [2.75, 3.05) is 18.1 Å². The molecule has 1 fully saturated rings. The SMILES string of the molecule is Cc1ccc(N2C[C@@H](NC(=O)COc3ccc4ccccc4c3)CC2=O)cc1C. The quantitative estimate of drug-likeness (QED) is 0.724. The minimum Gasteiger partial charge on any atom is -0.484 e. The van der Waals surface area contributed by atoms with E-state index < -0.39 is 0 Å². The topological polar surface area (TPSA) is 58.6 Å². The molecule has 2 amide bonds. The van der Waals surface area contributed by atoms with Crippen LogP contribution in [0.3, 0.4) is 0 Å². The van der Waals surface area contributed by atoms with Gasteiger partial charge in [0.15, 0.2) is 6.61 Å². The van der Waals surface area contributed by atoms with E-state index in [-0.39, 0.29) is 24.5 Å². The van der Waals surface area contributed by atoms with Crippen LogP contribution in [0.15, 0.2) is 60.7 Å². The van der Waals surface area contributed by atoms with E-state index in [9.17, 15) is 9.59 Å². The van der Waals surface area contributed by atoms with Crippen LogP contribution >= 0.6 is 0 Å². The van der Waals surface area contributed by atoms with Gasteiger partial charge in [0.2, 0.25) is 5.91 Å². The first-order valence-electron chi connectivity index (χ1n) is 9.78. The molecule has 148 valence electrons. The Morgan fingerprint density at radius 2 is 1.83 bits per heavy atom. The Morgan fingerprint density at radius 1 is 1.03 bits per heavy atom. The Hall–Kier alpha value is -3.34. The van der Waals surface area contributed by atoms with Gasteiger partial charge in [-0.2, -0.15) is 0 Å². The van der Waals surface area contributed by atoms with Crippen LogP contribution in [0.4, 0.5) is 5.69 Å². The molecule has 0 bridgehead atoms. The molecule has 4 rings (SSSR count). The largest absolute Gasteiger partial charge is 0.484 e. The van der Waals surface area contributed by atoms with Gasteiger partial charge >= 0.3 is 0 Å². The number of aryl methyl sites for hydroxylation is 2. The standard InChI is InChI=1S/C24H24N2O3/c1-16-7-9-21(11-17(16)2)26-14-20(13-24(26)28)25-23(27)15-29-22-10-8-18-5-3-4-6-19(18)12-22/h3-12,20H,13-15H2,1-2H3,(H,25,27)/t20-/m0/s1. The number of anilines is 1. The maximum absolute atomic E-state index is 12.4. The summed E-state index contributed by atoms with van der Waals surface area (Å²) in [4.78, 5) is 26.5. The predicted molar refractivity (Wildman–Crippen MR) is 114 cm³/mol. The van der Waals surface area contributed by atoms with E-state index in [0.717, 1.165) is 22.0 Å². The Bertz CT molecular complexity index is 1080. The zero-order chi connectivity index (χ0) is 20.4. The molecule has 0 unspecified atom stereocenters. The molecule has 1 N–H and O–H groups in total. The summed E-state index contributed by atoms with van der Waals surface area (Å²) >= 11 is 0. The van der Waals surface area contributed by atoms with Crippen molar-refractivity contribution >= 4 is 28.3 Å². The van der Waals surface area contributed by atoms with Gasteiger partial charge in [0.1, 0.15) is 5.75 Å². The third kappa shape index (κ3) is 4.24. The van der Waals surface area contributed by atoms with Crippen LogP contribution in [0.1, 0.15) is 17.5 Å². The Balaban J connectivity index is 1.33. The van der Waals surface area contributed by atoms with Crippen molar-refractivity contribution in [2.24, 2.45) is 0 Å². The summed E-state index contributed by atoms with van der Waals surface area (Å²) in [5.41, 5.74) is 3.21. The molecule has 29 heavy (non-hydrogen) atoms. The smallest absolute Gasteiger partial charge is 0.258 e. The van der Waals surface area contributed by atoms with E-state index in [4.69, 9.17) is 4.74 Å². The molecule has 1 aliphatic rings. The molecular weight excluding hydrogens is 364 g/mol. The molecule has 3 aromatic carbocycles. The Morgan fingerprint density at radius 3 is 2.62 bits per heavy atom. The van der Waals surface area contributed by atoms with Gasteiger partial charge in [0, 0.05) is 18.7 Å². The number of carbonyl (C=O) groups is 2. The molecule has 0 saturated carbocycles. The summed E-state index contributed by atoms with van der Waals surface area (Å²) in [6.45, 7) is 4.47. The van der Waals surface area contributed by atoms with Crippen LogP contribution < -0.4 is 15.0 Å². The van der Waals surface area contributed by atoms with Crippen LogP contribution in [0, 0.1) is 13.8 Å². The number of amides is 2. The van der Waals surface area contributed by atoms with Crippen LogP contribution in [-0.2, 0) is 9.59 Å². The lowest BCUT2D eigenvalue weighted by Gasteiger charge is -2.18. The fraction of sp³-hybridized carbons (Fsp3) is 0.250. The van der Waals surface area contributed by atoms with E-state index in [1.807, 2.05) is 74.5 Å². The number of nitrogens with zero attached hydrogens (tertiary/aromatic N) is 1. The molecule has 1 heterocycles. The number of hydrogen-bond acceptors (Lipinski definition) is 3. The summed E-state index contributed by atoms with van der Waals surface area (Å²) in [6.07, 6.45) is 0.300. The van der Waals surface area contributed by atoms with Gasteiger partial charge in [-0.15, -0.1) is 0 Å². The number of fused-ring (bicyclic) bond motifs is 1. The third-order valence-corrected chi connectivity index (χ3v) is 5.38. The zero-order valence-corrected chi connectivity index (χ0v) is 16.6. The highest BCUT2D eigenvalue weighted by Gasteiger charge is 2.31. The maximum Gasteiger partial charge on any atom is 0.258 e. The third-order valence-electron chi connectivity index (χ3n) is 5.38. The highest BCUT2D eigenvalue weighted by Crippen LogP contribution is 2.24. The van der Waals surface area contributed by atoms with Crippen LogP contribution in [0.5, 0.6) is 5.75 Å². The van der Waals surface area contributed by atoms with Crippen LogP contribution in [0.2, 0.25) is 0 Å². The first-order valence-corrected chi connectivity index (χ1v) is 9.78. The van der Waals surface area contributed by atoms with Crippen LogP contribution in [0.25, 0.3) is 10.8 Å².